The van der Waals surface area contributed by atoms with Gasteiger partial charge in [0.2, 0.25) is 0 Å². The molecule has 1 fully saturated rings. The minimum absolute atomic E-state index is 0.243. The smallest absolute Gasteiger partial charge is 0.307 e. The van der Waals surface area contributed by atoms with E-state index < -0.39 is 5.97 Å². The van der Waals surface area contributed by atoms with E-state index in [4.69, 9.17) is 28.3 Å². The van der Waals surface area contributed by atoms with Crippen LogP contribution in [0, 0.1) is 5.92 Å². The molecule has 1 unspecified atom stereocenters. The number of carboxylic acids is 1. The van der Waals surface area contributed by atoms with Gasteiger partial charge in [0.05, 0.1) is 14.6 Å². The summed E-state index contributed by atoms with van der Waals surface area (Å²) in [7, 11) is 0. The lowest BCUT2D eigenvalue weighted by Crippen LogP contribution is -2.22. The summed E-state index contributed by atoms with van der Waals surface area (Å²) < 4.78 is 1.37. The van der Waals surface area contributed by atoms with Crippen LogP contribution in [0.15, 0.2) is 6.07 Å². The van der Waals surface area contributed by atoms with Gasteiger partial charge in [-0.3, -0.25) is 9.69 Å². The maximum atomic E-state index is 10.8. The first-order chi connectivity index (χ1) is 7.56. The van der Waals surface area contributed by atoms with Gasteiger partial charge in [0.1, 0.15) is 0 Å². The summed E-state index contributed by atoms with van der Waals surface area (Å²) in [6.07, 6.45) is 0.713. The van der Waals surface area contributed by atoms with E-state index in [1.165, 1.54) is 11.3 Å². The highest BCUT2D eigenvalue weighted by Gasteiger charge is 2.28. The number of carbonyl (C=O) groups is 1. The number of hydrogen-bond donors (Lipinski definition) is 1. The molecule has 0 aromatic carbocycles. The van der Waals surface area contributed by atoms with Gasteiger partial charge >= 0.3 is 5.97 Å². The summed E-state index contributed by atoms with van der Waals surface area (Å²) in [5, 5.41) is 8.88. The Bertz CT molecular complexity index is 408. The van der Waals surface area contributed by atoms with Crippen LogP contribution < -0.4 is 0 Å². The van der Waals surface area contributed by atoms with Crippen LogP contribution >= 0.6 is 34.5 Å². The number of thiophene rings is 1. The monoisotopic (exact) mass is 279 g/mol. The summed E-state index contributed by atoms with van der Waals surface area (Å²) in [6.45, 7) is 2.09. The van der Waals surface area contributed by atoms with Crippen LogP contribution in [0.1, 0.15) is 12.0 Å². The highest BCUT2D eigenvalue weighted by Crippen LogP contribution is 2.32. The molecule has 0 spiro atoms. The Balaban J connectivity index is 1.97. The van der Waals surface area contributed by atoms with Crippen molar-refractivity contribution in [3.63, 3.8) is 0 Å². The molecular weight excluding hydrogens is 269 g/mol. The molecule has 0 saturated carbocycles. The molecular formula is C10H11Cl2NO2S. The average Bonchev–Trinajstić information content (AvgIpc) is 2.75. The van der Waals surface area contributed by atoms with Gasteiger partial charge in [-0.05, 0) is 24.6 Å². The number of hydrogen-bond acceptors (Lipinski definition) is 3. The number of rotatable bonds is 3. The van der Waals surface area contributed by atoms with Gasteiger partial charge in [0.15, 0.2) is 0 Å². The van der Waals surface area contributed by atoms with Gasteiger partial charge < -0.3 is 5.11 Å². The summed E-state index contributed by atoms with van der Waals surface area (Å²) in [5.74, 6) is -0.954. The average molecular weight is 280 g/mol. The van der Waals surface area contributed by atoms with Gasteiger partial charge in [0.25, 0.3) is 0 Å². The van der Waals surface area contributed by atoms with Crippen molar-refractivity contribution in [2.75, 3.05) is 13.1 Å². The van der Waals surface area contributed by atoms with E-state index in [2.05, 4.69) is 4.90 Å². The largest absolute Gasteiger partial charge is 0.481 e. The summed E-state index contributed by atoms with van der Waals surface area (Å²) >= 11 is 13.2. The second kappa shape index (κ2) is 4.92. The maximum absolute atomic E-state index is 10.8. The van der Waals surface area contributed by atoms with Crippen LogP contribution in [0.2, 0.25) is 8.67 Å². The Labute approximate surface area is 108 Å². The van der Waals surface area contributed by atoms with Crippen molar-refractivity contribution in [3.05, 3.63) is 20.3 Å². The van der Waals surface area contributed by atoms with Crippen LogP contribution in [0.5, 0.6) is 0 Å². The Morgan fingerprint density at radius 1 is 1.62 bits per heavy atom. The van der Waals surface area contributed by atoms with E-state index in [-0.39, 0.29) is 5.92 Å². The number of likely N-dealkylation sites (tertiary alicyclic amines) is 1. The first-order valence-electron chi connectivity index (χ1n) is 4.95. The molecule has 0 bridgehead atoms. The molecule has 1 saturated heterocycles. The summed E-state index contributed by atoms with van der Waals surface area (Å²) in [4.78, 5) is 12.9. The standard InChI is InChI=1S/C10H11Cl2NO2S/c11-8-3-7(9(12)16-8)5-13-2-1-6(4-13)10(14)15/h3,6H,1-2,4-5H2,(H,14,15). The lowest BCUT2D eigenvalue weighted by Gasteiger charge is -2.14. The highest BCUT2D eigenvalue weighted by atomic mass is 35.5. The highest BCUT2D eigenvalue weighted by molar-refractivity contribution is 7.20. The summed E-state index contributed by atoms with van der Waals surface area (Å²) in [5.41, 5.74) is 0.989. The van der Waals surface area contributed by atoms with E-state index in [0.29, 0.717) is 28.2 Å². The van der Waals surface area contributed by atoms with Crippen LogP contribution in [0.3, 0.4) is 0 Å². The predicted molar refractivity (Wildman–Crippen MR) is 65.4 cm³/mol. The minimum atomic E-state index is -0.711. The topological polar surface area (TPSA) is 40.5 Å². The maximum Gasteiger partial charge on any atom is 0.307 e. The third-order valence-corrected chi connectivity index (χ3v) is 4.31. The number of nitrogens with zero attached hydrogens (tertiary/aromatic N) is 1. The fraction of sp³-hybridized carbons (Fsp3) is 0.500. The minimum Gasteiger partial charge on any atom is -0.481 e. The first-order valence-corrected chi connectivity index (χ1v) is 6.52. The van der Waals surface area contributed by atoms with Crippen LogP contribution in [0.4, 0.5) is 0 Å². The quantitative estimate of drug-likeness (QED) is 0.925. The number of aliphatic carboxylic acids is 1. The molecule has 2 heterocycles. The van der Waals surface area contributed by atoms with Gasteiger partial charge in [0, 0.05) is 13.1 Å². The molecule has 0 amide bonds. The molecule has 1 aromatic heterocycles. The summed E-state index contributed by atoms with van der Waals surface area (Å²) in [6, 6.07) is 1.85. The van der Waals surface area contributed by atoms with E-state index in [0.717, 1.165) is 12.1 Å². The Kier molecular flexibility index (Phi) is 3.74. The molecule has 1 aliphatic rings. The molecule has 88 valence electrons. The van der Waals surface area contributed by atoms with Crippen LogP contribution in [-0.2, 0) is 11.3 Å². The molecule has 1 aromatic rings. The van der Waals surface area contributed by atoms with E-state index >= 15 is 0 Å². The normalized spacial score (nSPS) is 21.5. The fourth-order valence-electron chi connectivity index (χ4n) is 1.90. The second-order valence-electron chi connectivity index (χ2n) is 3.91. The molecule has 6 heteroatoms. The molecule has 16 heavy (non-hydrogen) atoms. The fourth-order valence-corrected chi connectivity index (χ4v) is 3.37. The van der Waals surface area contributed by atoms with E-state index in [1.807, 2.05) is 6.07 Å². The third kappa shape index (κ3) is 2.69. The van der Waals surface area contributed by atoms with Crippen molar-refractivity contribution < 1.29 is 9.90 Å². The van der Waals surface area contributed by atoms with Crippen molar-refractivity contribution in [2.24, 2.45) is 5.92 Å². The molecule has 3 nitrogen and oxygen atoms in total. The Morgan fingerprint density at radius 3 is 2.88 bits per heavy atom. The predicted octanol–water partition coefficient (Wildman–Crippen LogP) is 2.96. The van der Waals surface area contributed by atoms with Gasteiger partial charge in [-0.15, -0.1) is 11.3 Å². The molecule has 2 rings (SSSR count). The van der Waals surface area contributed by atoms with Crippen molar-refractivity contribution >= 4 is 40.5 Å². The SMILES string of the molecule is O=C(O)C1CCN(Cc2cc(Cl)sc2Cl)C1. The van der Waals surface area contributed by atoms with Crippen LogP contribution in [0.25, 0.3) is 0 Å². The van der Waals surface area contributed by atoms with Crippen LogP contribution in [-0.4, -0.2) is 29.1 Å². The van der Waals surface area contributed by atoms with Crippen molar-refractivity contribution in [2.45, 2.75) is 13.0 Å². The molecule has 0 aliphatic carbocycles. The van der Waals surface area contributed by atoms with Gasteiger partial charge in [-0.1, -0.05) is 23.2 Å². The molecule has 1 aliphatic heterocycles. The van der Waals surface area contributed by atoms with Gasteiger partial charge in [-0.25, -0.2) is 0 Å². The molecule has 0 radical (unpaired) electrons. The third-order valence-electron chi connectivity index (χ3n) is 2.74. The zero-order valence-electron chi connectivity index (χ0n) is 8.45. The zero-order chi connectivity index (χ0) is 11.7. The second-order valence-corrected chi connectivity index (χ2v) is 6.19. The molecule has 1 atom stereocenters. The van der Waals surface area contributed by atoms with Gasteiger partial charge in [-0.2, -0.15) is 0 Å². The Morgan fingerprint density at radius 2 is 2.38 bits per heavy atom. The van der Waals surface area contributed by atoms with Crippen molar-refractivity contribution in [3.8, 4) is 0 Å². The zero-order valence-corrected chi connectivity index (χ0v) is 10.8. The lowest BCUT2D eigenvalue weighted by molar-refractivity contribution is -0.141. The number of carboxylic acid groups (broad SMARTS) is 1. The van der Waals surface area contributed by atoms with Crippen molar-refractivity contribution in [1.29, 1.82) is 0 Å². The lowest BCUT2D eigenvalue weighted by atomic mass is 10.1. The first kappa shape index (κ1) is 12.2. The Hall–Kier alpha value is -0.290. The van der Waals surface area contributed by atoms with Crippen molar-refractivity contribution in [1.82, 2.24) is 4.90 Å². The van der Waals surface area contributed by atoms with E-state index in [1.54, 1.807) is 0 Å². The number of halogens is 2. The van der Waals surface area contributed by atoms with E-state index in [9.17, 15) is 4.79 Å². The molecule has 1 N–H and O–H groups in total.